The van der Waals surface area contributed by atoms with Crippen LogP contribution in [0.1, 0.15) is 219 Å². The summed E-state index contributed by atoms with van der Waals surface area (Å²) >= 11 is 0. The Morgan fingerprint density at radius 2 is 0.816 bits per heavy atom. The van der Waals surface area contributed by atoms with E-state index in [1.807, 2.05) is 0 Å². The molecule has 0 atom stereocenters. The molecule has 11 aromatic rings. The molecule has 0 radical (unpaired) electrons. The summed E-state index contributed by atoms with van der Waals surface area (Å²) in [6.45, 7) is 33.6. The SMILES string of the molecule is Cc1cc(C(C)C)c(-c2cc3c4cc5c(cc4n4c6cnc7c(c6c(c2)c34)C2(C)CCC7(C)CC2)c2cc(-c3c(C(C)C)cc(C)cc3C(C)C)cc3c4c6c(c(C#N)cc4n5c23)C2(C)CCC6(C)CC2)c(C(C)C)c1. The Bertz CT molecular complexity index is 4380. The van der Waals surface area contributed by atoms with Crippen molar-refractivity contribution in [1.29, 1.82) is 5.26 Å². The lowest BCUT2D eigenvalue weighted by molar-refractivity contribution is 0.184. The van der Waals surface area contributed by atoms with E-state index in [9.17, 15) is 5.26 Å². The van der Waals surface area contributed by atoms with Crippen LogP contribution in [0.25, 0.3) is 98.4 Å². The molecule has 0 unspecified atom stereocenters. The summed E-state index contributed by atoms with van der Waals surface area (Å²) in [5.74, 6) is 1.44. The van der Waals surface area contributed by atoms with Crippen molar-refractivity contribution in [3.8, 4) is 28.3 Å². The predicted octanol–water partition coefficient (Wildman–Crippen LogP) is 19.9. The van der Waals surface area contributed by atoms with Gasteiger partial charge in [0, 0.05) is 48.5 Å². The van der Waals surface area contributed by atoms with E-state index in [-0.39, 0.29) is 21.7 Å². The standard InChI is InChI=1S/C72H74N4/c1-36(2)45-23-40(9)24-46(37(3)4)59(45)42-27-51-49-33-56-50(32-55(49)75-57-31-44(34-73)63-64(61(57)53(29-42)66(51)75)70(12)17-15-69(63,11)16-18-70)52-28-43(60-47(38(5)6)25-41(10)26-48(60)39(7)8)30-54-62-58(76(56)67(52)54)35-74-68-65(62)71(13)19-21-72(68,14)22-20-71/h23-33,35-39H,15-22H2,1-14H3. The number of pyridine rings is 1. The molecule has 382 valence electrons. The third-order valence-corrected chi connectivity index (χ3v) is 21.4. The Hall–Kier alpha value is -6.44. The maximum atomic E-state index is 11.3. The van der Waals surface area contributed by atoms with Gasteiger partial charge in [-0.2, -0.15) is 5.26 Å². The quantitative estimate of drug-likeness (QED) is 0.167. The second kappa shape index (κ2) is 15.0. The normalized spacial score (nSPS) is 23.4. The van der Waals surface area contributed by atoms with E-state index < -0.39 is 0 Å². The zero-order chi connectivity index (χ0) is 52.8. The molecule has 6 aliphatic rings. The second-order valence-corrected chi connectivity index (χ2v) is 27.8. The highest BCUT2D eigenvalue weighted by Crippen LogP contribution is 2.62. The largest absolute Gasteiger partial charge is 0.308 e. The van der Waals surface area contributed by atoms with Crippen LogP contribution in [0.3, 0.4) is 0 Å². The van der Waals surface area contributed by atoms with E-state index in [1.165, 1.54) is 180 Å². The number of rotatable bonds is 6. The van der Waals surface area contributed by atoms with Crippen LogP contribution in [0.4, 0.5) is 0 Å². The molecule has 2 fully saturated rings. The molecule has 2 saturated carbocycles. The third kappa shape index (κ3) is 5.73. The number of benzene rings is 6. The number of nitrogens with zero attached hydrogens (tertiary/aromatic N) is 4. The van der Waals surface area contributed by atoms with Crippen molar-refractivity contribution in [2.24, 2.45) is 0 Å². The van der Waals surface area contributed by atoms with Gasteiger partial charge in [-0.1, -0.05) is 118 Å². The van der Waals surface area contributed by atoms with Gasteiger partial charge in [-0.15, -0.1) is 0 Å². The van der Waals surface area contributed by atoms with Crippen LogP contribution in [0.2, 0.25) is 0 Å². The van der Waals surface area contributed by atoms with Crippen molar-refractivity contribution >= 4 is 76.2 Å². The lowest BCUT2D eigenvalue weighted by Crippen LogP contribution is -2.45. The van der Waals surface area contributed by atoms with Gasteiger partial charge in [0.25, 0.3) is 0 Å². The van der Waals surface area contributed by atoms with Crippen LogP contribution in [0.5, 0.6) is 0 Å². The molecule has 4 nitrogen and oxygen atoms in total. The molecule has 17 rings (SSSR count). The fraction of sp³-hybridized carbons (Fsp3) is 0.417. The van der Waals surface area contributed by atoms with Crippen LogP contribution < -0.4 is 0 Å². The average molecular weight is 995 g/mol. The van der Waals surface area contributed by atoms with Crippen molar-refractivity contribution in [3.63, 3.8) is 0 Å². The summed E-state index contributed by atoms with van der Waals surface area (Å²) < 4.78 is 5.26. The van der Waals surface area contributed by atoms with Gasteiger partial charge in [0.2, 0.25) is 0 Å². The predicted molar refractivity (Wildman–Crippen MR) is 321 cm³/mol. The number of nitriles is 1. The number of aryl methyl sites for hydroxylation is 2. The molecule has 4 bridgehead atoms. The first-order chi connectivity index (χ1) is 36.2. The fourth-order valence-corrected chi connectivity index (χ4v) is 17.2. The average Bonchev–Trinajstić information content (AvgIpc) is 4.12. The second-order valence-electron chi connectivity index (χ2n) is 27.8. The maximum Gasteiger partial charge on any atom is 0.0995 e. The summed E-state index contributed by atoms with van der Waals surface area (Å²) in [6.07, 6.45) is 11.7. The van der Waals surface area contributed by atoms with Gasteiger partial charge < -0.3 is 8.80 Å². The summed E-state index contributed by atoms with van der Waals surface area (Å²) in [7, 11) is 0. The summed E-state index contributed by atoms with van der Waals surface area (Å²) in [5, 5.41) is 22.0. The van der Waals surface area contributed by atoms with Crippen LogP contribution in [0, 0.1) is 25.2 Å². The van der Waals surface area contributed by atoms with E-state index in [0.717, 1.165) is 31.2 Å². The van der Waals surface area contributed by atoms with Crippen LogP contribution in [0.15, 0.2) is 72.9 Å². The molecule has 76 heavy (non-hydrogen) atoms. The van der Waals surface area contributed by atoms with Gasteiger partial charge in [-0.05, 0) is 209 Å². The highest BCUT2D eigenvalue weighted by molar-refractivity contribution is 6.31. The highest BCUT2D eigenvalue weighted by atomic mass is 15.0. The number of aromatic nitrogens is 3. The highest BCUT2D eigenvalue weighted by Gasteiger charge is 2.52. The zero-order valence-electron chi connectivity index (χ0n) is 47.7. The molecule has 0 aliphatic heterocycles. The summed E-state index contributed by atoms with van der Waals surface area (Å²) in [4.78, 5) is 5.60. The van der Waals surface area contributed by atoms with Gasteiger partial charge >= 0.3 is 0 Å². The molecule has 0 saturated heterocycles. The monoisotopic (exact) mass is 995 g/mol. The Balaban J connectivity index is 1.16. The minimum atomic E-state index is -0.00558. The topological polar surface area (TPSA) is 45.5 Å². The smallest absolute Gasteiger partial charge is 0.0995 e. The van der Waals surface area contributed by atoms with Crippen LogP contribution >= 0.6 is 0 Å². The van der Waals surface area contributed by atoms with E-state index in [1.54, 1.807) is 0 Å². The van der Waals surface area contributed by atoms with Gasteiger partial charge in [0.1, 0.15) is 0 Å². The van der Waals surface area contributed by atoms with Crippen molar-refractivity contribution in [3.05, 3.63) is 134 Å². The number of hydrogen-bond acceptors (Lipinski definition) is 2. The van der Waals surface area contributed by atoms with Crippen molar-refractivity contribution in [2.45, 2.75) is 194 Å². The minimum Gasteiger partial charge on any atom is -0.308 e. The summed E-state index contributed by atoms with van der Waals surface area (Å²) in [6, 6.07) is 30.5. The lowest BCUT2D eigenvalue weighted by Gasteiger charge is -2.52. The first-order valence-electron chi connectivity index (χ1n) is 29.3. The van der Waals surface area contributed by atoms with E-state index in [2.05, 4.69) is 185 Å². The fourth-order valence-electron chi connectivity index (χ4n) is 17.2. The Morgan fingerprint density at radius 1 is 0.434 bits per heavy atom. The molecule has 4 heteroatoms. The number of hydrogen-bond donors (Lipinski definition) is 0. The third-order valence-electron chi connectivity index (χ3n) is 21.4. The van der Waals surface area contributed by atoms with E-state index in [0.29, 0.717) is 23.7 Å². The van der Waals surface area contributed by atoms with E-state index in [4.69, 9.17) is 4.98 Å². The minimum absolute atomic E-state index is 0.000994. The molecule has 5 heterocycles. The molecule has 0 spiro atoms. The molecule has 0 N–H and O–H groups in total. The van der Waals surface area contributed by atoms with Crippen molar-refractivity contribution in [2.75, 3.05) is 0 Å². The Labute approximate surface area is 449 Å². The molecule has 0 amide bonds. The first kappa shape index (κ1) is 46.8. The van der Waals surface area contributed by atoms with Crippen LogP contribution in [-0.2, 0) is 21.7 Å². The van der Waals surface area contributed by atoms with Gasteiger partial charge in [-0.3, -0.25) is 4.98 Å². The Kier molecular flexibility index (Phi) is 9.23. The molecule has 6 aromatic carbocycles. The number of fused-ring (bicyclic) bond motifs is 16. The molecule has 5 aromatic heterocycles. The summed E-state index contributed by atoms with van der Waals surface area (Å²) in [5.41, 5.74) is 28.1. The van der Waals surface area contributed by atoms with Crippen molar-refractivity contribution in [1.82, 2.24) is 13.8 Å². The van der Waals surface area contributed by atoms with Gasteiger partial charge in [-0.25, -0.2) is 0 Å². The zero-order valence-corrected chi connectivity index (χ0v) is 47.7. The van der Waals surface area contributed by atoms with Gasteiger partial charge in [0.05, 0.1) is 56.6 Å². The Morgan fingerprint density at radius 3 is 1.25 bits per heavy atom. The van der Waals surface area contributed by atoms with Crippen LogP contribution in [-0.4, -0.2) is 13.8 Å². The molecular formula is C72H74N4. The molecule has 6 aliphatic carbocycles. The molecular weight excluding hydrogens is 921 g/mol. The first-order valence-corrected chi connectivity index (χ1v) is 29.3. The lowest BCUT2D eigenvalue weighted by atomic mass is 9.51. The maximum absolute atomic E-state index is 11.3. The van der Waals surface area contributed by atoms with E-state index >= 15 is 0 Å². The van der Waals surface area contributed by atoms with Crippen molar-refractivity contribution < 1.29 is 0 Å². The van der Waals surface area contributed by atoms with Gasteiger partial charge in [0.15, 0.2) is 0 Å².